The van der Waals surface area contributed by atoms with E-state index < -0.39 is 0 Å². The number of anilines is 1. The first-order valence-corrected chi connectivity index (χ1v) is 11.6. The fourth-order valence-electron chi connectivity index (χ4n) is 3.78. The lowest BCUT2D eigenvalue weighted by Gasteiger charge is -2.14. The number of ether oxygens (including phenoxy) is 1. The van der Waals surface area contributed by atoms with Crippen molar-refractivity contribution in [3.8, 4) is 5.69 Å². The van der Waals surface area contributed by atoms with Crippen molar-refractivity contribution in [2.45, 2.75) is 36.2 Å². The average Bonchev–Trinajstić information content (AvgIpc) is 3.35. The maximum absolute atomic E-state index is 6.30. The molecule has 1 aliphatic heterocycles. The van der Waals surface area contributed by atoms with Gasteiger partial charge in [0.05, 0.1) is 5.69 Å². The van der Waals surface area contributed by atoms with Crippen molar-refractivity contribution in [2.24, 2.45) is 0 Å². The Morgan fingerprint density at radius 1 is 1.10 bits per heavy atom. The molecule has 5 rings (SSSR count). The van der Waals surface area contributed by atoms with E-state index >= 15 is 0 Å². The Labute approximate surface area is 181 Å². The molecule has 0 radical (unpaired) electrons. The van der Waals surface area contributed by atoms with Gasteiger partial charge in [-0.1, -0.05) is 30.0 Å². The van der Waals surface area contributed by atoms with Gasteiger partial charge >= 0.3 is 0 Å². The third kappa shape index (κ3) is 4.24. The topological polar surface area (TPSA) is 59.8 Å². The second-order valence-electron chi connectivity index (χ2n) is 8.22. The molecule has 2 heterocycles. The van der Waals surface area contributed by atoms with Crippen LogP contribution in [0.2, 0.25) is 0 Å². The maximum atomic E-state index is 6.30. The zero-order valence-electron chi connectivity index (χ0n) is 17.4. The van der Waals surface area contributed by atoms with E-state index in [1.807, 2.05) is 22.9 Å². The van der Waals surface area contributed by atoms with Crippen LogP contribution >= 0.6 is 11.8 Å². The molecule has 0 bridgehead atoms. The van der Waals surface area contributed by atoms with Gasteiger partial charge in [0.1, 0.15) is 18.5 Å². The van der Waals surface area contributed by atoms with Crippen LogP contribution in [0, 0.1) is 0 Å². The second kappa shape index (κ2) is 8.41. The van der Waals surface area contributed by atoms with Gasteiger partial charge in [-0.3, -0.25) is 0 Å². The molecule has 0 amide bonds. The smallest absolute Gasteiger partial charge is 0.217 e. The lowest BCUT2D eigenvalue weighted by atomic mass is 10.2. The van der Waals surface area contributed by atoms with Crippen molar-refractivity contribution in [2.75, 3.05) is 31.3 Å². The fourth-order valence-corrected chi connectivity index (χ4v) is 4.62. The van der Waals surface area contributed by atoms with Crippen molar-refractivity contribution >= 4 is 17.4 Å². The molecular formula is C23H28N5OS+. The van der Waals surface area contributed by atoms with Gasteiger partial charge in [-0.25, -0.2) is 9.67 Å². The second-order valence-corrected chi connectivity index (χ2v) is 9.21. The third-order valence-corrected chi connectivity index (χ3v) is 6.61. The van der Waals surface area contributed by atoms with Crippen LogP contribution in [0.4, 0.5) is 5.69 Å². The standard InChI is InChI=1S/C23H27N5OS/c1-27(2)18-12-10-17(11-13-18)22-24-14-20(29-22)15-30-23-25-21(16-8-9-16)28(26-23)19-6-4-3-5-7-19/h3-7,10-13,16,20,22,24H,8-9,14-15H2,1-2H3/p+1/t20-,22+/m0/s1. The van der Waals surface area contributed by atoms with Crippen molar-refractivity contribution in [1.82, 2.24) is 14.8 Å². The Kier molecular flexibility index (Phi) is 5.50. The number of aromatic nitrogens is 3. The predicted molar refractivity (Wildman–Crippen MR) is 119 cm³/mol. The first kappa shape index (κ1) is 19.6. The number of rotatable bonds is 7. The van der Waals surface area contributed by atoms with E-state index in [1.165, 1.54) is 24.1 Å². The van der Waals surface area contributed by atoms with Gasteiger partial charge in [0, 0.05) is 37.0 Å². The highest BCUT2D eigenvalue weighted by Gasteiger charge is 2.32. The van der Waals surface area contributed by atoms with Gasteiger partial charge in [-0.2, -0.15) is 0 Å². The van der Waals surface area contributed by atoms with Crippen LogP contribution in [0.3, 0.4) is 0 Å². The summed E-state index contributed by atoms with van der Waals surface area (Å²) in [6.45, 7) is 0.960. The summed E-state index contributed by atoms with van der Waals surface area (Å²) >= 11 is 1.70. The van der Waals surface area contributed by atoms with E-state index in [-0.39, 0.29) is 12.3 Å². The molecule has 1 saturated carbocycles. The third-order valence-electron chi connectivity index (χ3n) is 5.64. The zero-order chi connectivity index (χ0) is 20.5. The van der Waals surface area contributed by atoms with Crippen LogP contribution < -0.4 is 10.2 Å². The van der Waals surface area contributed by atoms with Crippen molar-refractivity contribution in [3.63, 3.8) is 0 Å². The lowest BCUT2D eigenvalue weighted by molar-refractivity contribution is -0.697. The van der Waals surface area contributed by atoms with Gasteiger partial charge in [0.15, 0.2) is 0 Å². The summed E-state index contributed by atoms with van der Waals surface area (Å²) in [5, 5.41) is 7.93. The largest absolute Gasteiger partial charge is 0.378 e. The number of benzene rings is 2. The summed E-state index contributed by atoms with van der Waals surface area (Å²) in [6.07, 6.45) is 2.69. The molecule has 30 heavy (non-hydrogen) atoms. The Bertz CT molecular complexity index is 985. The lowest BCUT2D eigenvalue weighted by Crippen LogP contribution is -2.82. The minimum Gasteiger partial charge on any atom is -0.378 e. The van der Waals surface area contributed by atoms with Gasteiger partial charge in [0.2, 0.25) is 11.4 Å². The molecule has 156 valence electrons. The first-order valence-electron chi connectivity index (χ1n) is 10.6. The summed E-state index contributed by atoms with van der Waals surface area (Å²) in [5.74, 6) is 2.52. The number of thioether (sulfide) groups is 1. The van der Waals surface area contributed by atoms with Crippen LogP contribution in [0.5, 0.6) is 0 Å². The number of hydrogen-bond acceptors (Lipinski definition) is 5. The van der Waals surface area contributed by atoms with Gasteiger partial charge in [-0.15, -0.1) is 5.10 Å². The molecule has 6 nitrogen and oxygen atoms in total. The molecule has 3 aromatic rings. The normalized spacial score (nSPS) is 21.1. The monoisotopic (exact) mass is 422 g/mol. The zero-order valence-corrected chi connectivity index (χ0v) is 18.3. The molecule has 2 N–H and O–H groups in total. The molecule has 1 aromatic heterocycles. The van der Waals surface area contributed by atoms with Crippen LogP contribution in [0.1, 0.15) is 36.4 Å². The molecule has 1 saturated heterocycles. The van der Waals surface area contributed by atoms with Gasteiger partial charge in [0.25, 0.3) is 0 Å². The van der Waals surface area contributed by atoms with Crippen LogP contribution in [-0.2, 0) is 4.74 Å². The van der Waals surface area contributed by atoms with Crippen molar-refractivity contribution < 1.29 is 10.1 Å². The molecule has 7 heteroatoms. The SMILES string of the molecule is CN(C)c1ccc([C@@H]2[NH2+]C[C@@H](CSc3nc(C4CC4)n(-c4ccccc4)n3)O2)cc1. The highest BCUT2D eigenvalue weighted by Crippen LogP contribution is 2.40. The van der Waals surface area contributed by atoms with E-state index in [1.54, 1.807) is 11.8 Å². The average molecular weight is 423 g/mol. The Morgan fingerprint density at radius 2 is 1.87 bits per heavy atom. The van der Waals surface area contributed by atoms with Crippen LogP contribution in [0.15, 0.2) is 59.8 Å². The van der Waals surface area contributed by atoms with E-state index in [4.69, 9.17) is 14.8 Å². The van der Waals surface area contributed by atoms with Gasteiger partial charge < -0.3 is 15.0 Å². The van der Waals surface area contributed by atoms with Crippen LogP contribution in [0.25, 0.3) is 5.69 Å². The summed E-state index contributed by atoms with van der Waals surface area (Å²) in [5.41, 5.74) is 3.51. The number of quaternary nitrogens is 1. The Hall–Kier alpha value is -2.35. The molecule has 1 aliphatic carbocycles. The summed E-state index contributed by atoms with van der Waals surface area (Å²) in [6, 6.07) is 18.9. The highest BCUT2D eigenvalue weighted by atomic mass is 32.2. The molecule has 0 unspecified atom stereocenters. The summed E-state index contributed by atoms with van der Waals surface area (Å²) in [7, 11) is 4.12. The Morgan fingerprint density at radius 3 is 2.57 bits per heavy atom. The maximum Gasteiger partial charge on any atom is 0.217 e. The molecular weight excluding hydrogens is 394 g/mol. The molecule has 2 aliphatic rings. The minimum atomic E-state index is 0.0728. The van der Waals surface area contributed by atoms with E-state index in [9.17, 15) is 0 Å². The minimum absolute atomic E-state index is 0.0728. The highest BCUT2D eigenvalue weighted by molar-refractivity contribution is 7.99. The van der Waals surface area contributed by atoms with E-state index in [0.717, 1.165) is 29.0 Å². The quantitative estimate of drug-likeness (QED) is 0.593. The van der Waals surface area contributed by atoms with E-state index in [0.29, 0.717) is 5.92 Å². The number of nitrogens with zero attached hydrogens (tertiary/aromatic N) is 4. The van der Waals surface area contributed by atoms with Crippen LogP contribution in [-0.4, -0.2) is 47.3 Å². The molecule has 0 spiro atoms. The molecule has 2 fully saturated rings. The van der Waals surface area contributed by atoms with Crippen molar-refractivity contribution in [1.29, 1.82) is 0 Å². The van der Waals surface area contributed by atoms with E-state index in [2.05, 4.69) is 60.7 Å². The number of hydrogen-bond donors (Lipinski definition) is 1. The van der Waals surface area contributed by atoms with Crippen molar-refractivity contribution in [3.05, 3.63) is 66.0 Å². The number of nitrogens with two attached hydrogens (primary N) is 1. The predicted octanol–water partition coefficient (Wildman–Crippen LogP) is 2.96. The summed E-state index contributed by atoms with van der Waals surface area (Å²) in [4.78, 5) is 6.97. The molecule has 2 aromatic carbocycles. The molecule has 2 atom stereocenters. The Balaban J connectivity index is 1.22. The summed E-state index contributed by atoms with van der Waals surface area (Å²) < 4.78 is 8.32. The number of para-hydroxylation sites is 1. The fraction of sp³-hybridized carbons (Fsp3) is 0.391. The first-order chi connectivity index (χ1) is 14.7. The van der Waals surface area contributed by atoms with Gasteiger partial charge in [-0.05, 0) is 49.2 Å².